The van der Waals surface area contributed by atoms with Gasteiger partial charge >= 0.3 is 0 Å². The lowest BCUT2D eigenvalue weighted by atomic mass is 9.66. The first-order chi connectivity index (χ1) is 16.9. The number of anilines is 1. The SMILES string of the molecule is COc1nc(NC2CC(C)(C(=O)NC3(C)COC3)C2)nn2ccc(-c3ccc4ncccc4c3)c12. The molecule has 35 heavy (non-hydrogen) atoms. The summed E-state index contributed by atoms with van der Waals surface area (Å²) >= 11 is 0. The monoisotopic (exact) mass is 472 g/mol. The molecule has 1 aliphatic carbocycles. The van der Waals surface area contributed by atoms with Gasteiger partial charge in [-0.3, -0.25) is 9.78 Å². The fourth-order valence-corrected chi connectivity index (χ4v) is 5.07. The lowest BCUT2D eigenvalue weighted by Crippen LogP contribution is -2.64. The third-order valence-electron chi connectivity index (χ3n) is 7.12. The lowest BCUT2D eigenvalue weighted by molar-refractivity contribution is -0.144. The highest BCUT2D eigenvalue weighted by molar-refractivity contribution is 5.90. The molecule has 180 valence electrons. The molecule has 0 atom stereocenters. The van der Waals surface area contributed by atoms with Crippen LogP contribution in [0.1, 0.15) is 26.7 Å². The second-order valence-corrected chi connectivity index (χ2v) is 10.2. The molecule has 4 aromatic rings. The Morgan fingerprint density at radius 2 is 2.03 bits per heavy atom. The fraction of sp³-hybridized carbons (Fsp3) is 0.385. The molecule has 0 spiro atoms. The van der Waals surface area contributed by atoms with Crippen molar-refractivity contribution in [2.45, 2.75) is 38.3 Å². The van der Waals surface area contributed by atoms with E-state index in [4.69, 9.17) is 9.47 Å². The van der Waals surface area contributed by atoms with Gasteiger partial charge in [0.2, 0.25) is 17.7 Å². The van der Waals surface area contributed by atoms with E-state index in [0.29, 0.717) is 37.9 Å². The standard InChI is InChI=1S/C26H28N6O3/c1-25(23(33)30-26(2)14-35-15-26)12-18(13-25)28-24-29-22(34-3)21-19(8-10-32(21)31-24)16-6-7-20-17(11-16)5-4-9-27-20/h4-11,18H,12-15H2,1-3H3,(H,28,31)(H,30,33). The molecule has 1 amide bonds. The Morgan fingerprint density at radius 1 is 1.20 bits per heavy atom. The Kier molecular flexibility index (Phi) is 4.93. The topological polar surface area (TPSA) is 103 Å². The van der Waals surface area contributed by atoms with Crippen molar-refractivity contribution in [1.29, 1.82) is 0 Å². The molecule has 4 heterocycles. The Bertz CT molecular complexity index is 1440. The second kappa shape index (κ2) is 7.91. The van der Waals surface area contributed by atoms with Crippen LogP contribution in [0.25, 0.3) is 27.5 Å². The van der Waals surface area contributed by atoms with Crippen molar-refractivity contribution in [3.05, 3.63) is 48.8 Å². The van der Waals surface area contributed by atoms with Gasteiger partial charge in [0.05, 0.1) is 36.8 Å². The molecule has 0 bridgehead atoms. The molecule has 9 heteroatoms. The van der Waals surface area contributed by atoms with Gasteiger partial charge in [-0.2, -0.15) is 4.98 Å². The second-order valence-electron chi connectivity index (χ2n) is 10.2. The number of nitrogens with one attached hydrogen (secondary N) is 2. The van der Waals surface area contributed by atoms with Gasteiger partial charge in [0.25, 0.3) is 0 Å². The molecule has 6 rings (SSSR count). The van der Waals surface area contributed by atoms with E-state index in [-0.39, 0.29) is 17.5 Å². The van der Waals surface area contributed by atoms with Crippen molar-refractivity contribution >= 4 is 28.3 Å². The Balaban J connectivity index is 1.22. The lowest BCUT2D eigenvalue weighted by Gasteiger charge is -2.47. The van der Waals surface area contributed by atoms with Crippen molar-refractivity contribution in [2.24, 2.45) is 5.41 Å². The number of rotatable bonds is 6. The molecular weight excluding hydrogens is 444 g/mol. The number of nitrogens with zero attached hydrogens (tertiary/aromatic N) is 4. The predicted octanol–water partition coefficient (Wildman–Crippen LogP) is 3.44. The molecule has 9 nitrogen and oxygen atoms in total. The third-order valence-corrected chi connectivity index (χ3v) is 7.12. The minimum atomic E-state index is -0.407. The number of aromatic nitrogens is 4. The van der Waals surface area contributed by atoms with Gasteiger partial charge in [-0.15, -0.1) is 5.10 Å². The summed E-state index contributed by atoms with van der Waals surface area (Å²) in [6.07, 6.45) is 5.12. The molecule has 1 saturated carbocycles. The highest BCUT2D eigenvalue weighted by atomic mass is 16.5. The number of amides is 1. The summed E-state index contributed by atoms with van der Waals surface area (Å²) in [6.45, 7) is 5.16. The Labute approximate surface area is 202 Å². The highest BCUT2D eigenvalue weighted by Gasteiger charge is 2.49. The van der Waals surface area contributed by atoms with Gasteiger partial charge in [0, 0.05) is 29.4 Å². The van der Waals surface area contributed by atoms with E-state index in [1.807, 2.05) is 50.4 Å². The van der Waals surface area contributed by atoms with Crippen LogP contribution in [0.3, 0.4) is 0 Å². The van der Waals surface area contributed by atoms with Gasteiger partial charge in [0.1, 0.15) is 5.52 Å². The maximum atomic E-state index is 12.8. The summed E-state index contributed by atoms with van der Waals surface area (Å²) < 4.78 is 12.7. The van der Waals surface area contributed by atoms with E-state index >= 15 is 0 Å². The number of hydrogen-bond donors (Lipinski definition) is 2. The van der Waals surface area contributed by atoms with Crippen LogP contribution in [0.15, 0.2) is 48.8 Å². The van der Waals surface area contributed by atoms with Crippen LogP contribution in [-0.4, -0.2) is 57.4 Å². The minimum Gasteiger partial charge on any atom is -0.479 e. The number of methoxy groups -OCH3 is 1. The van der Waals surface area contributed by atoms with Crippen LogP contribution in [0, 0.1) is 5.41 Å². The number of carbonyl (C=O) groups excluding carboxylic acids is 1. The highest BCUT2D eigenvalue weighted by Crippen LogP contribution is 2.43. The molecule has 1 saturated heterocycles. The molecule has 2 aliphatic rings. The largest absolute Gasteiger partial charge is 0.479 e. The third kappa shape index (κ3) is 3.76. The van der Waals surface area contributed by atoms with Crippen molar-refractivity contribution in [1.82, 2.24) is 24.9 Å². The van der Waals surface area contributed by atoms with Crippen LogP contribution in [0.5, 0.6) is 5.88 Å². The maximum Gasteiger partial charge on any atom is 0.244 e. The summed E-state index contributed by atoms with van der Waals surface area (Å²) in [5, 5.41) is 12.3. The summed E-state index contributed by atoms with van der Waals surface area (Å²) in [5.74, 6) is 1.05. The maximum absolute atomic E-state index is 12.8. The van der Waals surface area contributed by atoms with Crippen LogP contribution in [0.2, 0.25) is 0 Å². The number of carbonyl (C=O) groups is 1. The molecule has 1 aromatic carbocycles. The van der Waals surface area contributed by atoms with Crippen molar-refractivity contribution in [2.75, 3.05) is 25.6 Å². The number of hydrogen-bond acceptors (Lipinski definition) is 7. The van der Waals surface area contributed by atoms with Crippen molar-refractivity contribution < 1.29 is 14.3 Å². The number of fused-ring (bicyclic) bond motifs is 2. The average Bonchev–Trinajstić information content (AvgIpc) is 3.25. The zero-order valence-corrected chi connectivity index (χ0v) is 20.0. The first-order valence-electron chi connectivity index (χ1n) is 11.8. The summed E-state index contributed by atoms with van der Waals surface area (Å²) in [6, 6.07) is 12.3. The van der Waals surface area contributed by atoms with Crippen molar-refractivity contribution in [3.63, 3.8) is 0 Å². The van der Waals surface area contributed by atoms with Crippen LogP contribution >= 0.6 is 0 Å². The van der Waals surface area contributed by atoms with E-state index in [1.165, 1.54) is 0 Å². The first kappa shape index (κ1) is 21.8. The van der Waals surface area contributed by atoms with Crippen LogP contribution in [0.4, 0.5) is 5.95 Å². The quantitative estimate of drug-likeness (QED) is 0.443. The summed E-state index contributed by atoms with van der Waals surface area (Å²) in [5.41, 5.74) is 3.13. The van der Waals surface area contributed by atoms with Gasteiger partial charge < -0.3 is 20.1 Å². The molecule has 2 N–H and O–H groups in total. The smallest absolute Gasteiger partial charge is 0.244 e. The van der Waals surface area contributed by atoms with Crippen LogP contribution < -0.4 is 15.4 Å². The number of benzene rings is 1. The first-order valence-corrected chi connectivity index (χ1v) is 11.8. The molecule has 0 unspecified atom stereocenters. The van der Waals surface area contributed by atoms with Gasteiger partial charge in [-0.1, -0.05) is 19.1 Å². The zero-order valence-electron chi connectivity index (χ0n) is 20.0. The van der Waals surface area contributed by atoms with Crippen molar-refractivity contribution in [3.8, 4) is 17.0 Å². The fourth-order valence-electron chi connectivity index (χ4n) is 5.07. The minimum absolute atomic E-state index is 0.0796. The normalized spacial score (nSPS) is 22.9. The number of pyridine rings is 1. The van der Waals surface area contributed by atoms with Crippen LogP contribution in [-0.2, 0) is 9.53 Å². The molecule has 2 fully saturated rings. The summed E-state index contributed by atoms with van der Waals surface area (Å²) in [4.78, 5) is 21.8. The van der Waals surface area contributed by atoms with Gasteiger partial charge in [0.15, 0.2) is 0 Å². The van der Waals surface area contributed by atoms with E-state index < -0.39 is 5.41 Å². The predicted molar refractivity (Wildman–Crippen MR) is 132 cm³/mol. The molecule has 0 radical (unpaired) electrons. The van der Waals surface area contributed by atoms with Gasteiger partial charge in [-0.05, 0) is 49.6 Å². The van der Waals surface area contributed by atoms with E-state index in [9.17, 15) is 4.79 Å². The molecule has 1 aliphatic heterocycles. The summed E-state index contributed by atoms with van der Waals surface area (Å²) in [7, 11) is 1.61. The van der Waals surface area contributed by atoms with E-state index in [0.717, 1.165) is 27.5 Å². The molecular formula is C26H28N6O3. The van der Waals surface area contributed by atoms with Gasteiger partial charge in [-0.25, -0.2) is 4.52 Å². The Morgan fingerprint density at radius 3 is 2.77 bits per heavy atom. The zero-order chi connectivity index (χ0) is 24.2. The van der Waals surface area contributed by atoms with E-state index in [1.54, 1.807) is 17.8 Å². The Hall–Kier alpha value is -3.72. The average molecular weight is 473 g/mol. The molecule has 3 aromatic heterocycles. The van der Waals surface area contributed by atoms with E-state index in [2.05, 4.69) is 31.8 Å². The number of ether oxygens (including phenoxy) is 2.